The lowest BCUT2D eigenvalue weighted by atomic mass is 10.2. The summed E-state index contributed by atoms with van der Waals surface area (Å²) >= 11 is 1.45. The van der Waals surface area contributed by atoms with Gasteiger partial charge < -0.3 is 10.4 Å². The molecule has 0 aromatic heterocycles. The molecular weight excluding hydrogens is 250 g/mol. The maximum Gasteiger partial charge on any atom is 0.325 e. The number of thioether (sulfide) groups is 1. The predicted octanol–water partition coefficient (Wildman–Crippen LogP) is 2.15. The molecule has 1 aromatic carbocycles. The van der Waals surface area contributed by atoms with E-state index in [0.29, 0.717) is 6.42 Å². The maximum atomic E-state index is 11.9. The van der Waals surface area contributed by atoms with E-state index in [1.807, 2.05) is 37.3 Å². The van der Waals surface area contributed by atoms with Crippen molar-refractivity contribution in [3.63, 3.8) is 0 Å². The summed E-state index contributed by atoms with van der Waals surface area (Å²) in [5.74, 6) is -1.26. The molecule has 0 heterocycles. The second kappa shape index (κ2) is 7.06. The molecule has 0 aliphatic carbocycles. The number of hydrogen-bond donors (Lipinski definition) is 2. The molecule has 0 radical (unpaired) electrons. The van der Waals surface area contributed by atoms with Gasteiger partial charge in [-0.2, -0.15) is 0 Å². The minimum absolute atomic E-state index is 0.235. The number of carbonyl (C=O) groups is 2. The molecule has 0 spiro atoms. The zero-order chi connectivity index (χ0) is 13.5. The van der Waals surface area contributed by atoms with Crippen LogP contribution in [0.15, 0.2) is 35.2 Å². The Hall–Kier alpha value is -1.49. The number of hydrogen-bond acceptors (Lipinski definition) is 3. The van der Waals surface area contributed by atoms with Crippen LogP contribution in [0.5, 0.6) is 0 Å². The number of amides is 1. The zero-order valence-corrected chi connectivity index (χ0v) is 11.2. The number of rotatable bonds is 6. The van der Waals surface area contributed by atoms with E-state index in [-0.39, 0.29) is 11.2 Å². The standard InChI is InChI=1S/C13H17NO3S/c1-3-11(12(15)14-9(2)13(16)17)18-10-7-5-4-6-8-10/h4-9,11H,3H2,1-2H3,(H,14,15)(H,16,17)/t9-,11?/m0/s1. The molecule has 1 amide bonds. The normalized spacial score (nSPS) is 13.7. The van der Waals surface area contributed by atoms with E-state index in [0.717, 1.165) is 4.90 Å². The quantitative estimate of drug-likeness (QED) is 0.775. The van der Waals surface area contributed by atoms with Crippen LogP contribution in [0, 0.1) is 0 Å². The third-order valence-electron chi connectivity index (χ3n) is 2.41. The Morgan fingerprint density at radius 1 is 1.33 bits per heavy atom. The lowest BCUT2D eigenvalue weighted by Gasteiger charge is -2.16. The summed E-state index contributed by atoms with van der Waals surface area (Å²) < 4.78 is 0. The van der Waals surface area contributed by atoms with Gasteiger partial charge >= 0.3 is 5.97 Å². The highest BCUT2D eigenvalue weighted by atomic mass is 32.2. The second-order valence-electron chi connectivity index (χ2n) is 3.90. The first-order valence-electron chi connectivity index (χ1n) is 5.79. The Morgan fingerprint density at radius 3 is 2.44 bits per heavy atom. The number of aliphatic carboxylic acids is 1. The first-order valence-corrected chi connectivity index (χ1v) is 6.67. The SMILES string of the molecule is CCC(Sc1ccccc1)C(=O)N[C@@H](C)C(=O)O. The molecule has 1 rings (SSSR count). The Balaban J connectivity index is 2.61. The third kappa shape index (κ3) is 4.41. The van der Waals surface area contributed by atoms with Crippen molar-refractivity contribution in [1.82, 2.24) is 5.32 Å². The van der Waals surface area contributed by atoms with E-state index < -0.39 is 12.0 Å². The zero-order valence-electron chi connectivity index (χ0n) is 10.4. The molecule has 0 aliphatic rings. The summed E-state index contributed by atoms with van der Waals surface area (Å²) in [5, 5.41) is 11.0. The molecule has 98 valence electrons. The number of carboxylic acid groups (broad SMARTS) is 1. The largest absolute Gasteiger partial charge is 0.480 e. The molecule has 1 aromatic rings. The summed E-state index contributed by atoms with van der Waals surface area (Å²) in [4.78, 5) is 23.6. The van der Waals surface area contributed by atoms with Crippen LogP contribution in [0.2, 0.25) is 0 Å². The topological polar surface area (TPSA) is 66.4 Å². The van der Waals surface area contributed by atoms with Crippen molar-refractivity contribution in [3.8, 4) is 0 Å². The van der Waals surface area contributed by atoms with Crippen LogP contribution in [0.3, 0.4) is 0 Å². The van der Waals surface area contributed by atoms with Crippen molar-refractivity contribution in [3.05, 3.63) is 30.3 Å². The van der Waals surface area contributed by atoms with Crippen LogP contribution < -0.4 is 5.32 Å². The predicted molar refractivity (Wildman–Crippen MR) is 71.6 cm³/mol. The van der Waals surface area contributed by atoms with Gasteiger partial charge in [0.15, 0.2) is 0 Å². The van der Waals surface area contributed by atoms with Gasteiger partial charge in [-0.3, -0.25) is 9.59 Å². The molecule has 0 aliphatic heterocycles. The first-order chi connectivity index (χ1) is 8.54. The maximum absolute atomic E-state index is 11.9. The molecule has 1 unspecified atom stereocenters. The van der Waals surface area contributed by atoms with Crippen molar-refractivity contribution in [1.29, 1.82) is 0 Å². The summed E-state index contributed by atoms with van der Waals surface area (Å²) in [7, 11) is 0. The summed E-state index contributed by atoms with van der Waals surface area (Å²) in [6.07, 6.45) is 0.651. The van der Waals surface area contributed by atoms with Gasteiger partial charge in [0.1, 0.15) is 6.04 Å². The van der Waals surface area contributed by atoms with Crippen LogP contribution in [-0.2, 0) is 9.59 Å². The van der Waals surface area contributed by atoms with Crippen molar-refractivity contribution in [2.75, 3.05) is 0 Å². The smallest absolute Gasteiger partial charge is 0.325 e. The fraction of sp³-hybridized carbons (Fsp3) is 0.385. The lowest BCUT2D eigenvalue weighted by Crippen LogP contribution is -2.42. The lowest BCUT2D eigenvalue weighted by molar-refractivity contribution is -0.141. The monoisotopic (exact) mass is 267 g/mol. The van der Waals surface area contributed by atoms with Gasteiger partial charge in [0.2, 0.25) is 5.91 Å². The van der Waals surface area contributed by atoms with Gasteiger partial charge in [-0.05, 0) is 25.5 Å². The van der Waals surface area contributed by atoms with Gasteiger partial charge in [-0.1, -0.05) is 25.1 Å². The van der Waals surface area contributed by atoms with Gasteiger partial charge in [-0.15, -0.1) is 11.8 Å². The van der Waals surface area contributed by atoms with Crippen LogP contribution in [0.4, 0.5) is 0 Å². The summed E-state index contributed by atoms with van der Waals surface area (Å²) in [6.45, 7) is 3.37. The van der Waals surface area contributed by atoms with E-state index >= 15 is 0 Å². The van der Waals surface area contributed by atoms with Crippen LogP contribution in [0.1, 0.15) is 20.3 Å². The first kappa shape index (κ1) is 14.6. The highest BCUT2D eigenvalue weighted by Crippen LogP contribution is 2.25. The van der Waals surface area contributed by atoms with E-state index in [1.54, 1.807) is 0 Å². The number of carboxylic acids is 1. The van der Waals surface area contributed by atoms with Gasteiger partial charge in [-0.25, -0.2) is 0 Å². The molecule has 5 heteroatoms. The average Bonchev–Trinajstić information content (AvgIpc) is 2.36. The van der Waals surface area contributed by atoms with E-state index in [4.69, 9.17) is 5.11 Å². The summed E-state index contributed by atoms with van der Waals surface area (Å²) in [6, 6.07) is 8.74. The van der Waals surface area contributed by atoms with Gasteiger partial charge in [0.25, 0.3) is 0 Å². The minimum Gasteiger partial charge on any atom is -0.480 e. The van der Waals surface area contributed by atoms with Crippen LogP contribution in [0.25, 0.3) is 0 Å². The van der Waals surface area contributed by atoms with Gasteiger partial charge in [0, 0.05) is 4.90 Å². The Labute approximate surface area is 111 Å². The van der Waals surface area contributed by atoms with E-state index in [1.165, 1.54) is 18.7 Å². The van der Waals surface area contributed by atoms with Gasteiger partial charge in [0.05, 0.1) is 5.25 Å². The Morgan fingerprint density at radius 2 is 1.94 bits per heavy atom. The average molecular weight is 267 g/mol. The van der Waals surface area contributed by atoms with Crippen LogP contribution >= 0.6 is 11.8 Å². The molecule has 4 nitrogen and oxygen atoms in total. The Kier molecular flexibility index (Phi) is 5.71. The summed E-state index contributed by atoms with van der Waals surface area (Å²) in [5.41, 5.74) is 0. The van der Waals surface area contributed by atoms with Crippen molar-refractivity contribution in [2.45, 2.75) is 36.5 Å². The fourth-order valence-electron chi connectivity index (χ4n) is 1.35. The molecule has 2 N–H and O–H groups in total. The number of benzene rings is 1. The minimum atomic E-state index is -1.03. The highest BCUT2D eigenvalue weighted by molar-refractivity contribution is 8.00. The molecule has 0 fully saturated rings. The van der Waals surface area contributed by atoms with Crippen molar-refractivity contribution in [2.24, 2.45) is 0 Å². The van der Waals surface area contributed by atoms with Crippen LogP contribution in [-0.4, -0.2) is 28.3 Å². The molecule has 2 atom stereocenters. The molecule has 0 saturated carbocycles. The second-order valence-corrected chi connectivity index (χ2v) is 5.17. The van der Waals surface area contributed by atoms with E-state index in [2.05, 4.69) is 5.32 Å². The van der Waals surface area contributed by atoms with Crippen molar-refractivity contribution < 1.29 is 14.7 Å². The Bertz CT molecular complexity index is 408. The molecular formula is C13H17NO3S. The molecule has 0 bridgehead atoms. The highest BCUT2D eigenvalue weighted by Gasteiger charge is 2.21. The number of nitrogens with one attached hydrogen (secondary N) is 1. The molecule has 18 heavy (non-hydrogen) atoms. The fourth-order valence-corrected chi connectivity index (χ4v) is 2.34. The molecule has 0 saturated heterocycles. The third-order valence-corrected chi connectivity index (χ3v) is 3.79. The van der Waals surface area contributed by atoms with Crippen molar-refractivity contribution >= 4 is 23.6 Å². The van der Waals surface area contributed by atoms with E-state index in [9.17, 15) is 9.59 Å². The number of carbonyl (C=O) groups excluding carboxylic acids is 1.